The van der Waals surface area contributed by atoms with E-state index in [2.05, 4.69) is 25.5 Å². The second-order valence-electron chi connectivity index (χ2n) is 3.90. The Balaban J connectivity index is -0.0000000324. The lowest BCUT2D eigenvalue weighted by Crippen LogP contribution is -1.96. The van der Waals surface area contributed by atoms with E-state index in [1.54, 1.807) is 0 Å². The Morgan fingerprint density at radius 2 is 0.880 bits per heavy atom. The smallest absolute Gasteiger partial charge is 0.302 e. The van der Waals surface area contributed by atoms with Crippen LogP contribution in [0.25, 0.3) is 0 Å². The van der Waals surface area contributed by atoms with E-state index < -0.39 is 0 Å². The van der Waals surface area contributed by atoms with E-state index in [0.717, 1.165) is 6.54 Å². The lowest BCUT2D eigenvalue weighted by Gasteiger charge is -1.86. The first-order valence-corrected chi connectivity index (χ1v) is 10.8. The molecule has 0 aliphatic carbocycles. The Labute approximate surface area is 163 Å². The number of unbranched alkanes of at least 4 members (excludes halogenated alkanes) is 5. The Kier molecular flexibility index (Phi) is 159. The zero-order valence-corrected chi connectivity index (χ0v) is 20.6. The first kappa shape index (κ1) is 44.1. The number of carbonyl (C=O) groups is 1. The van der Waals surface area contributed by atoms with Gasteiger partial charge in [-0.1, -0.05) is 115 Å². The van der Waals surface area contributed by atoms with Crippen LogP contribution in [0.2, 0.25) is 0 Å². The molecule has 0 atom stereocenters. The van der Waals surface area contributed by atoms with Crippen molar-refractivity contribution in [2.75, 3.05) is 13.7 Å². The van der Waals surface area contributed by atoms with Gasteiger partial charge in [-0.2, -0.15) is 0 Å². The van der Waals surface area contributed by atoms with E-state index in [9.17, 15) is 4.79 Å². The van der Waals surface area contributed by atoms with E-state index in [0.29, 0.717) is 0 Å². The van der Waals surface area contributed by atoms with Crippen LogP contribution in [0.15, 0.2) is 0 Å². The molecular weight excluding hydrogens is 310 g/mol. The molecule has 0 saturated carbocycles. The first-order chi connectivity index (χ1) is 12.1. The van der Waals surface area contributed by atoms with Gasteiger partial charge in [0.05, 0.1) is 7.11 Å². The normalized spacial score (nSPS) is 6.64. The minimum absolute atomic E-state index is 0.245. The van der Waals surface area contributed by atoms with Crippen molar-refractivity contribution in [3.05, 3.63) is 0 Å². The van der Waals surface area contributed by atoms with Crippen molar-refractivity contribution < 1.29 is 9.53 Å². The second-order valence-corrected chi connectivity index (χ2v) is 3.90. The standard InChI is InChI=1S/C6H14.C5H13N.C3H6O2.4C2H6/c1-3-5-6-4-2;1-2-3-4-5-6;1-3(4)5-2;4*1-2/h3-6H2,1-2H3;2-6H2,1H3;1-2H3;4*1-2H3. The second kappa shape index (κ2) is 90.2. The van der Waals surface area contributed by atoms with Crippen LogP contribution in [0.5, 0.6) is 0 Å². The zero-order chi connectivity index (χ0) is 21.9. The Morgan fingerprint density at radius 1 is 0.680 bits per heavy atom. The molecule has 0 aliphatic rings. The van der Waals surface area contributed by atoms with Crippen molar-refractivity contribution in [2.24, 2.45) is 5.73 Å². The third-order valence-electron chi connectivity index (χ3n) is 2.05. The third-order valence-corrected chi connectivity index (χ3v) is 2.05. The highest BCUT2D eigenvalue weighted by Crippen LogP contribution is 1.95. The summed E-state index contributed by atoms with van der Waals surface area (Å²) in [7, 11) is 1.35. The molecule has 0 spiro atoms. The van der Waals surface area contributed by atoms with Gasteiger partial charge < -0.3 is 10.5 Å². The summed E-state index contributed by atoms with van der Waals surface area (Å²) in [6, 6.07) is 0. The monoisotopic (exact) mass is 367 g/mol. The number of hydrogen-bond acceptors (Lipinski definition) is 3. The lowest BCUT2D eigenvalue weighted by molar-refractivity contribution is -0.137. The van der Waals surface area contributed by atoms with Crippen molar-refractivity contribution >= 4 is 5.97 Å². The number of hydrogen-bond donors (Lipinski definition) is 1. The molecule has 2 N–H and O–H groups in total. The predicted octanol–water partition coefficient (Wildman–Crippen LogP) is 8.01. The molecule has 0 aliphatic heterocycles. The molecule has 0 aromatic carbocycles. The van der Waals surface area contributed by atoms with E-state index in [4.69, 9.17) is 5.73 Å². The summed E-state index contributed by atoms with van der Waals surface area (Å²) >= 11 is 0. The van der Waals surface area contributed by atoms with Crippen LogP contribution < -0.4 is 5.73 Å². The fourth-order valence-electron chi connectivity index (χ4n) is 0.894. The van der Waals surface area contributed by atoms with E-state index in [-0.39, 0.29) is 5.97 Å². The topological polar surface area (TPSA) is 52.3 Å². The maximum Gasteiger partial charge on any atom is 0.302 e. The maximum absolute atomic E-state index is 9.59. The molecule has 0 saturated heterocycles. The summed E-state index contributed by atoms with van der Waals surface area (Å²) in [6.07, 6.45) is 9.29. The van der Waals surface area contributed by atoms with Crippen LogP contribution in [-0.2, 0) is 9.53 Å². The summed E-state index contributed by atoms with van der Waals surface area (Å²) in [5.41, 5.74) is 5.21. The molecular formula is C22H57NO2. The molecule has 0 unspecified atom stereocenters. The molecule has 3 nitrogen and oxygen atoms in total. The molecule has 0 aromatic heterocycles. The molecule has 0 bridgehead atoms. The maximum atomic E-state index is 9.59. The van der Waals surface area contributed by atoms with Crippen LogP contribution in [-0.4, -0.2) is 19.6 Å². The van der Waals surface area contributed by atoms with E-state index in [1.807, 2.05) is 55.4 Å². The van der Waals surface area contributed by atoms with Crippen molar-refractivity contribution in [3.63, 3.8) is 0 Å². The average molecular weight is 368 g/mol. The van der Waals surface area contributed by atoms with E-state index >= 15 is 0 Å². The van der Waals surface area contributed by atoms with Gasteiger partial charge in [-0.25, -0.2) is 0 Å². The predicted molar refractivity (Wildman–Crippen MR) is 121 cm³/mol. The number of methoxy groups -OCH3 is 1. The third kappa shape index (κ3) is 195. The van der Waals surface area contributed by atoms with Crippen LogP contribution in [0, 0.1) is 0 Å². The van der Waals surface area contributed by atoms with Crippen LogP contribution in [0.4, 0.5) is 0 Å². The number of carbonyl (C=O) groups excluding carboxylic acids is 1. The van der Waals surface area contributed by atoms with Crippen molar-refractivity contribution in [2.45, 2.75) is 128 Å². The lowest BCUT2D eigenvalue weighted by atomic mass is 10.2. The van der Waals surface area contributed by atoms with Gasteiger partial charge in [0.1, 0.15) is 0 Å². The Bertz CT molecular complexity index is 113. The first-order valence-electron chi connectivity index (χ1n) is 10.8. The summed E-state index contributed by atoms with van der Waals surface area (Å²) in [5, 5.41) is 0. The van der Waals surface area contributed by atoms with Crippen LogP contribution in [0.1, 0.15) is 128 Å². The van der Waals surface area contributed by atoms with Crippen molar-refractivity contribution in [1.82, 2.24) is 0 Å². The minimum atomic E-state index is -0.245. The summed E-state index contributed by atoms with van der Waals surface area (Å²) in [6.45, 7) is 24.9. The molecule has 0 radical (unpaired) electrons. The molecule has 3 heteroatoms. The van der Waals surface area contributed by atoms with Gasteiger partial charge in [0.15, 0.2) is 0 Å². The van der Waals surface area contributed by atoms with Gasteiger partial charge in [0.25, 0.3) is 0 Å². The highest BCUT2D eigenvalue weighted by atomic mass is 16.5. The van der Waals surface area contributed by atoms with Gasteiger partial charge in [0.2, 0.25) is 0 Å². The van der Waals surface area contributed by atoms with E-state index in [1.165, 1.54) is 59.0 Å². The van der Waals surface area contributed by atoms with Gasteiger partial charge in [-0.15, -0.1) is 0 Å². The quantitative estimate of drug-likeness (QED) is 0.382. The Hall–Kier alpha value is -0.570. The fourth-order valence-corrected chi connectivity index (χ4v) is 0.894. The Morgan fingerprint density at radius 3 is 0.960 bits per heavy atom. The van der Waals surface area contributed by atoms with Crippen molar-refractivity contribution in [1.29, 1.82) is 0 Å². The molecule has 0 aromatic rings. The highest BCUT2D eigenvalue weighted by Gasteiger charge is 1.76. The summed E-state index contributed by atoms with van der Waals surface area (Å²) in [4.78, 5) is 9.59. The van der Waals surface area contributed by atoms with Gasteiger partial charge in [0, 0.05) is 6.92 Å². The highest BCUT2D eigenvalue weighted by molar-refractivity contribution is 5.65. The number of rotatable bonds is 6. The number of ether oxygens (including phenoxy) is 1. The molecule has 25 heavy (non-hydrogen) atoms. The SMILES string of the molecule is CC.CC.CC.CC.CCCCCC.CCCCCN.COC(C)=O. The average Bonchev–Trinajstić information content (AvgIpc) is 2.71. The zero-order valence-electron chi connectivity index (χ0n) is 20.6. The molecule has 0 fully saturated rings. The van der Waals surface area contributed by atoms with Crippen molar-refractivity contribution in [3.8, 4) is 0 Å². The molecule has 0 rings (SSSR count). The van der Waals surface area contributed by atoms with Gasteiger partial charge >= 0.3 is 5.97 Å². The van der Waals surface area contributed by atoms with Crippen LogP contribution in [0.3, 0.4) is 0 Å². The van der Waals surface area contributed by atoms with Crippen LogP contribution >= 0.6 is 0 Å². The number of nitrogens with two attached hydrogens (primary N) is 1. The number of esters is 1. The molecule has 0 amide bonds. The largest absolute Gasteiger partial charge is 0.469 e. The van der Waals surface area contributed by atoms with Gasteiger partial charge in [-0.05, 0) is 13.0 Å². The molecule has 162 valence electrons. The van der Waals surface area contributed by atoms with Gasteiger partial charge in [-0.3, -0.25) is 4.79 Å². The summed E-state index contributed by atoms with van der Waals surface area (Å²) < 4.78 is 4.11. The molecule has 0 heterocycles. The fraction of sp³-hybridized carbons (Fsp3) is 0.955. The summed E-state index contributed by atoms with van der Waals surface area (Å²) in [5.74, 6) is -0.245. The minimum Gasteiger partial charge on any atom is -0.469 e.